The number of nitrogens with zero attached hydrogens (tertiary/aromatic N) is 5. The van der Waals surface area contributed by atoms with Crippen LogP contribution in [0.3, 0.4) is 0 Å². The van der Waals surface area contributed by atoms with Gasteiger partial charge in [0.1, 0.15) is 12.3 Å². The smallest absolute Gasteiger partial charge is 0.416 e. The van der Waals surface area contributed by atoms with Crippen molar-refractivity contribution in [3.05, 3.63) is 65.9 Å². The highest BCUT2D eigenvalue weighted by atomic mass is 19.4. The Balaban J connectivity index is 1.45. The maximum atomic E-state index is 12.8. The molecule has 0 saturated carbocycles. The zero-order valence-corrected chi connectivity index (χ0v) is 14.5. The average molecular weight is 403 g/mol. The van der Waals surface area contributed by atoms with E-state index in [0.29, 0.717) is 12.3 Å². The van der Waals surface area contributed by atoms with Crippen molar-refractivity contribution in [2.45, 2.75) is 12.7 Å². The molecule has 0 aliphatic heterocycles. The molecule has 0 saturated heterocycles. The second-order valence-electron chi connectivity index (χ2n) is 5.91. The lowest BCUT2D eigenvalue weighted by Gasteiger charge is -2.06. The van der Waals surface area contributed by atoms with Gasteiger partial charge in [0.15, 0.2) is 11.6 Å². The molecule has 29 heavy (non-hydrogen) atoms. The fourth-order valence-corrected chi connectivity index (χ4v) is 2.51. The SMILES string of the molecule is O=C(Nc1n[nH]c(-c2cccc(C(F)(F)F)c2)n1)c1ccc(Cn2ccnn2)o1. The predicted molar refractivity (Wildman–Crippen MR) is 92.6 cm³/mol. The van der Waals surface area contributed by atoms with Gasteiger partial charge in [-0.05, 0) is 24.3 Å². The highest BCUT2D eigenvalue weighted by Gasteiger charge is 2.30. The van der Waals surface area contributed by atoms with Crippen molar-refractivity contribution in [1.82, 2.24) is 30.2 Å². The van der Waals surface area contributed by atoms with Crippen LogP contribution in [0.25, 0.3) is 11.4 Å². The summed E-state index contributed by atoms with van der Waals surface area (Å²) in [6.07, 6.45) is -1.32. The zero-order chi connectivity index (χ0) is 20.4. The van der Waals surface area contributed by atoms with Gasteiger partial charge in [-0.2, -0.15) is 18.2 Å². The summed E-state index contributed by atoms with van der Waals surface area (Å²) in [6, 6.07) is 7.69. The first-order chi connectivity index (χ1) is 13.9. The molecular weight excluding hydrogens is 391 g/mol. The molecule has 2 N–H and O–H groups in total. The summed E-state index contributed by atoms with van der Waals surface area (Å²) in [5, 5.41) is 16.2. The number of hydrogen-bond donors (Lipinski definition) is 2. The van der Waals surface area contributed by atoms with Gasteiger partial charge in [-0.25, -0.2) is 4.68 Å². The van der Waals surface area contributed by atoms with Crippen molar-refractivity contribution >= 4 is 11.9 Å². The first-order valence-corrected chi connectivity index (χ1v) is 8.23. The number of benzene rings is 1. The number of anilines is 1. The lowest BCUT2D eigenvalue weighted by atomic mass is 10.1. The molecule has 0 spiro atoms. The number of rotatable bonds is 5. The van der Waals surface area contributed by atoms with Gasteiger partial charge in [-0.15, -0.1) is 10.2 Å². The molecule has 3 heterocycles. The molecule has 3 aromatic heterocycles. The molecule has 0 atom stereocenters. The maximum Gasteiger partial charge on any atom is 0.416 e. The molecule has 0 fully saturated rings. The Morgan fingerprint density at radius 3 is 2.86 bits per heavy atom. The molecule has 0 bridgehead atoms. The van der Waals surface area contributed by atoms with Crippen LogP contribution in [0.15, 0.2) is 53.2 Å². The van der Waals surface area contributed by atoms with E-state index in [4.69, 9.17) is 4.42 Å². The van der Waals surface area contributed by atoms with Crippen LogP contribution < -0.4 is 5.32 Å². The molecule has 0 unspecified atom stereocenters. The Hall–Kier alpha value is -3.96. The van der Waals surface area contributed by atoms with Crippen LogP contribution >= 0.6 is 0 Å². The van der Waals surface area contributed by atoms with Crippen LogP contribution in [0.1, 0.15) is 21.9 Å². The molecule has 9 nitrogen and oxygen atoms in total. The first kappa shape index (κ1) is 18.4. The lowest BCUT2D eigenvalue weighted by Crippen LogP contribution is -2.12. The molecule has 148 valence electrons. The lowest BCUT2D eigenvalue weighted by molar-refractivity contribution is -0.137. The number of carbonyl (C=O) groups excluding carboxylic acids is 1. The zero-order valence-electron chi connectivity index (χ0n) is 14.5. The van der Waals surface area contributed by atoms with Gasteiger partial charge in [-0.3, -0.25) is 15.2 Å². The highest BCUT2D eigenvalue weighted by Crippen LogP contribution is 2.31. The van der Waals surface area contributed by atoms with E-state index in [1.54, 1.807) is 12.3 Å². The number of aromatic nitrogens is 6. The van der Waals surface area contributed by atoms with Crippen LogP contribution in [0.2, 0.25) is 0 Å². The van der Waals surface area contributed by atoms with Gasteiger partial charge < -0.3 is 4.42 Å². The molecule has 0 radical (unpaired) electrons. The Bertz CT molecular complexity index is 1130. The number of carbonyl (C=O) groups is 1. The third-order valence-electron chi connectivity index (χ3n) is 3.85. The first-order valence-electron chi connectivity index (χ1n) is 8.23. The minimum Gasteiger partial charge on any atom is -0.454 e. The van der Waals surface area contributed by atoms with E-state index >= 15 is 0 Å². The third-order valence-corrected chi connectivity index (χ3v) is 3.85. The van der Waals surface area contributed by atoms with E-state index in [1.165, 1.54) is 29.1 Å². The maximum absolute atomic E-state index is 12.8. The Morgan fingerprint density at radius 1 is 1.24 bits per heavy atom. The summed E-state index contributed by atoms with van der Waals surface area (Å²) >= 11 is 0. The van der Waals surface area contributed by atoms with E-state index in [-0.39, 0.29) is 23.1 Å². The van der Waals surface area contributed by atoms with Crippen molar-refractivity contribution in [3.63, 3.8) is 0 Å². The number of amides is 1. The molecule has 1 amide bonds. The summed E-state index contributed by atoms with van der Waals surface area (Å²) in [4.78, 5) is 16.3. The predicted octanol–water partition coefficient (Wildman–Crippen LogP) is 2.98. The number of furan rings is 1. The monoisotopic (exact) mass is 403 g/mol. The fourth-order valence-electron chi connectivity index (χ4n) is 2.51. The van der Waals surface area contributed by atoms with Crippen molar-refractivity contribution < 1.29 is 22.4 Å². The highest BCUT2D eigenvalue weighted by molar-refractivity contribution is 6.01. The summed E-state index contributed by atoms with van der Waals surface area (Å²) in [5.74, 6) is -0.121. The Morgan fingerprint density at radius 2 is 2.10 bits per heavy atom. The summed E-state index contributed by atoms with van der Waals surface area (Å²) in [6.45, 7) is 0.299. The van der Waals surface area contributed by atoms with Gasteiger partial charge in [0.05, 0.1) is 11.8 Å². The second kappa shape index (κ2) is 7.22. The molecule has 0 aliphatic carbocycles. The normalized spacial score (nSPS) is 11.6. The van der Waals surface area contributed by atoms with E-state index in [9.17, 15) is 18.0 Å². The molecule has 0 aliphatic rings. The summed E-state index contributed by atoms with van der Waals surface area (Å²) < 4.78 is 45.5. The van der Waals surface area contributed by atoms with Crippen LogP contribution in [-0.4, -0.2) is 36.1 Å². The van der Waals surface area contributed by atoms with Crippen molar-refractivity contribution in [2.24, 2.45) is 0 Å². The van der Waals surface area contributed by atoms with Crippen molar-refractivity contribution in [2.75, 3.05) is 5.32 Å². The largest absolute Gasteiger partial charge is 0.454 e. The number of H-pyrrole nitrogens is 1. The second-order valence-corrected chi connectivity index (χ2v) is 5.91. The van der Waals surface area contributed by atoms with Crippen molar-refractivity contribution in [1.29, 1.82) is 0 Å². The quantitative estimate of drug-likeness (QED) is 0.530. The van der Waals surface area contributed by atoms with E-state index < -0.39 is 17.6 Å². The van der Waals surface area contributed by atoms with E-state index in [2.05, 4.69) is 30.8 Å². The molecule has 4 aromatic rings. The minimum absolute atomic E-state index is 0.0190. The minimum atomic E-state index is -4.48. The molecule has 12 heteroatoms. The van der Waals surface area contributed by atoms with Crippen LogP contribution in [0.4, 0.5) is 19.1 Å². The molecular formula is C17H12F3N7O2. The Labute approximate surface area is 160 Å². The summed E-state index contributed by atoms with van der Waals surface area (Å²) in [5.41, 5.74) is -0.631. The fraction of sp³-hybridized carbons (Fsp3) is 0.118. The van der Waals surface area contributed by atoms with Crippen molar-refractivity contribution in [3.8, 4) is 11.4 Å². The molecule has 4 rings (SSSR count). The Kier molecular flexibility index (Phi) is 4.58. The third kappa shape index (κ3) is 4.15. The van der Waals surface area contributed by atoms with Crippen LogP contribution in [-0.2, 0) is 12.7 Å². The van der Waals surface area contributed by atoms with Gasteiger partial charge in [0, 0.05) is 11.8 Å². The number of hydrogen-bond acceptors (Lipinski definition) is 6. The van der Waals surface area contributed by atoms with E-state index in [1.807, 2.05) is 0 Å². The van der Waals surface area contributed by atoms with Gasteiger partial charge in [0.25, 0.3) is 5.91 Å². The number of nitrogens with one attached hydrogen (secondary N) is 2. The standard InChI is InChI=1S/C17H12F3N7O2/c18-17(19,20)11-3-1-2-10(8-11)14-22-16(25-24-14)23-15(28)13-5-4-12(29-13)9-27-7-6-21-26-27/h1-8H,9H2,(H2,22,23,24,25,28). The summed E-state index contributed by atoms with van der Waals surface area (Å²) in [7, 11) is 0. The molecule has 1 aromatic carbocycles. The van der Waals surface area contributed by atoms with Crippen LogP contribution in [0, 0.1) is 0 Å². The van der Waals surface area contributed by atoms with Gasteiger partial charge in [-0.1, -0.05) is 17.3 Å². The number of aromatic amines is 1. The average Bonchev–Trinajstić information content (AvgIpc) is 3.43. The topological polar surface area (TPSA) is 115 Å². The van der Waals surface area contributed by atoms with E-state index in [0.717, 1.165) is 12.1 Å². The van der Waals surface area contributed by atoms with Gasteiger partial charge in [0.2, 0.25) is 5.95 Å². The van der Waals surface area contributed by atoms with Crippen LogP contribution in [0.5, 0.6) is 0 Å². The number of alkyl halides is 3. The number of halogens is 3. The van der Waals surface area contributed by atoms with Gasteiger partial charge >= 0.3 is 6.18 Å².